The van der Waals surface area contributed by atoms with Gasteiger partial charge in [-0.15, -0.1) is 0 Å². The molecule has 7 aromatic carbocycles. The van der Waals surface area contributed by atoms with E-state index in [9.17, 15) is 0 Å². The standard InChI is InChI=1S/C17H21NO.C16H23N.C13H19N.C12H16ClN.C12H16O3.C10H14.CH4/c1-13(2)12-18(15-9-7-14(3)8-10-15)16-5-4-6-17(19)11-16;1-4-9-16(12(2)3)11-14-7-5-6-13-8-10-17(16)15(13)14;1-10(2)8-14-9-12-6-4-5-7-13(12)11(14)3;1-9(2)6-14-7-10-3-4-12(13)5-11(10)8-14;1-9(2)12(13-3)8-14-10-6-4-5-7-11(10)15-12;1-9(2)8-10-6-4-3-5-7-10;/h4-11,13,19H,12H2,1-3H3;5-7,12H,4,8-11H2,1-3H3;4-7,10-11H,8-9H2,1-3H3;3-5,9H,6-8H2,1-2H3;4-7,9H,8H2,1-3H3;3-7,9H,8H2,1-2H3;1H4/i/hD. The number of hydrogen-bond acceptors (Lipinski definition) is 8. The van der Waals surface area contributed by atoms with Crippen molar-refractivity contribution in [2.24, 2.45) is 35.5 Å². The summed E-state index contributed by atoms with van der Waals surface area (Å²) >= 11 is 5.96. The molecule has 0 aliphatic carbocycles. The molecule has 0 bridgehead atoms. The Hall–Kier alpha value is -6.29. The van der Waals surface area contributed by atoms with E-state index in [2.05, 4.69) is 238 Å². The van der Waals surface area contributed by atoms with Gasteiger partial charge in [-0.1, -0.05) is 230 Å². The van der Waals surface area contributed by atoms with Gasteiger partial charge in [0.25, 0.3) is 1.43 Å². The molecule has 12 rings (SSSR count). The van der Waals surface area contributed by atoms with E-state index in [0.29, 0.717) is 29.9 Å². The molecule has 488 valence electrons. The van der Waals surface area contributed by atoms with Crippen molar-refractivity contribution in [2.75, 3.05) is 49.7 Å². The Labute approximate surface area is 552 Å². The van der Waals surface area contributed by atoms with Crippen LogP contribution < -0.4 is 19.3 Å². The number of anilines is 3. The predicted molar refractivity (Wildman–Crippen MR) is 384 cm³/mol. The molecule has 5 aliphatic heterocycles. The monoisotopic (exact) mass is 1240 g/mol. The smallest absolute Gasteiger partial charge is 0.293 e. The van der Waals surface area contributed by atoms with Crippen molar-refractivity contribution >= 4 is 28.7 Å². The van der Waals surface area contributed by atoms with Gasteiger partial charge in [0.2, 0.25) is 5.79 Å². The highest BCUT2D eigenvalue weighted by molar-refractivity contribution is 6.30. The summed E-state index contributed by atoms with van der Waals surface area (Å²) in [6.45, 7) is 41.9. The maximum absolute atomic E-state index is 7.04. The number of phenols is 1. The van der Waals surface area contributed by atoms with Crippen LogP contribution in [0.2, 0.25) is 5.02 Å². The van der Waals surface area contributed by atoms with Crippen LogP contribution in [0.4, 0.5) is 17.1 Å². The van der Waals surface area contributed by atoms with Gasteiger partial charge in [0.1, 0.15) is 5.75 Å². The van der Waals surface area contributed by atoms with Crippen LogP contribution in [0.3, 0.4) is 0 Å². The molecule has 1 N–H and O–H groups in total. The van der Waals surface area contributed by atoms with Gasteiger partial charge in [-0.25, -0.2) is 0 Å². The Balaban J connectivity index is 0.000000175. The second-order valence-corrected chi connectivity index (χ2v) is 28.1. The number of aryl methyl sites for hydroxylation is 1. The SMILES string of the molecule is C.CC(C)CN1Cc2ccc(Cl)cc2C1.CC(C)CN1Cc2ccccc2C1C.CC(C)Cc1ccccc1.CCCC1(C(C)C)Cc2cccc3c2N1CC3.COC1(C(C)C)COc2ccccc2O1.[2H]Oc1cccc(N(CC(C)C)c2ccc(C)cc2)c1. The largest absolute Gasteiger partial charge is 0.508 e. The van der Waals surface area contributed by atoms with Crippen LogP contribution in [0.5, 0.6) is 17.2 Å². The number of halogens is 1. The third-order valence-corrected chi connectivity index (χ3v) is 18.0. The zero-order valence-electron chi connectivity index (χ0n) is 58.1. The number of nitrogens with zero attached hydrogens (tertiary/aromatic N) is 4. The Morgan fingerprint density at radius 2 is 1.29 bits per heavy atom. The average Bonchev–Trinajstić information content (AvgIpc) is 1.58. The number of methoxy groups -OCH3 is 1. The molecule has 3 atom stereocenters. The average molecular weight is 1240 g/mol. The van der Waals surface area contributed by atoms with Crippen molar-refractivity contribution in [3.8, 4) is 17.2 Å². The maximum Gasteiger partial charge on any atom is 0.293 e. The van der Waals surface area contributed by atoms with Crippen molar-refractivity contribution in [3.63, 3.8) is 0 Å². The summed E-state index contributed by atoms with van der Waals surface area (Å²) in [5.41, 5.74) is 16.0. The first-order valence-electron chi connectivity index (χ1n) is 33.8. The summed E-state index contributed by atoms with van der Waals surface area (Å²) in [7, 11) is 1.65. The maximum atomic E-state index is 7.04. The summed E-state index contributed by atoms with van der Waals surface area (Å²) in [5, 5.41) is 5.44. The first kappa shape index (κ1) is 71.2. The summed E-state index contributed by atoms with van der Waals surface area (Å²) in [5.74, 6) is 5.20. The molecular weight excluding hydrogens is 1130 g/mol. The molecule has 5 aliphatic rings. The molecule has 5 heterocycles. The van der Waals surface area contributed by atoms with E-state index >= 15 is 0 Å². The van der Waals surface area contributed by atoms with Crippen LogP contribution in [0.15, 0.2) is 164 Å². The molecule has 0 saturated carbocycles. The zero-order valence-corrected chi connectivity index (χ0v) is 57.9. The van der Waals surface area contributed by atoms with Crippen LogP contribution in [-0.2, 0) is 43.6 Å². The second-order valence-electron chi connectivity index (χ2n) is 27.6. The lowest BCUT2D eigenvalue weighted by Gasteiger charge is -2.42. The number of hydrogen-bond donors (Lipinski definition) is 1. The highest BCUT2D eigenvalue weighted by Crippen LogP contribution is 2.50. The molecule has 90 heavy (non-hydrogen) atoms. The van der Waals surface area contributed by atoms with Crippen molar-refractivity contribution < 1.29 is 19.3 Å². The molecule has 9 heteroatoms. The van der Waals surface area contributed by atoms with E-state index in [0.717, 1.165) is 77.7 Å². The van der Waals surface area contributed by atoms with Crippen LogP contribution in [0.25, 0.3) is 0 Å². The number of para-hydroxylation sites is 3. The van der Waals surface area contributed by atoms with Crippen molar-refractivity contribution in [1.82, 2.24) is 9.80 Å². The highest BCUT2D eigenvalue weighted by Gasteiger charge is 2.48. The highest BCUT2D eigenvalue weighted by atomic mass is 35.5. The van der Waals surface area contributed by atoms with E-state index in [1.807, 2.05) is 48.5 Å². The first-order valence-corrected chi connectivity index (χ1v) is 33.7. The number of rotatable bonds is 16. The molecule has 0 spiro atoms. The fourth-order valence-corrected chi connectivity index (χ4v) is 13.5. The van der Waals surface area contributed by atoms with Crippen LogP contribution in [-0.4, -0.2) is 67.6 Å². The third-order valence-electron chi connectivity index (χ3n) is 17.8. The number of ether oxygens (including phenoxy) is 3. The van der Waals surface area contributed by atoms with Crippen LogP contribution in [0.1, 0.15) is 168 Å². The first-order chi connectivity index (χ1) is 43.1. The van der Waals surface area contributed by atoms with Gasteiger partial charge in [0, 0.05) is 98.6 Å². The Bertz CT molecular complexity index is 3280. The summed E-state index contributed by atoms with van der Waals surface area (Å²) in [6.07, 6.45) is 6.33. The van der Waals surface area contributed by atoms with Crippen molar-refractivity contribution in [2.45, 2.75) is 180 Å². The van der Waals surface area contributed by atoms with Gasteiger partial charge in [0.05, 0.1) is 0 Å². The molecule has 0 amide bonds. The van der Waals surface area contributed by atoms with Crippen LogP contribution >= 0.6 is 11.6 Å². The zero-order chi connectivity index (χ0) is 65.1. The van der Waals surface area contributed by atoms with E-state index in [-0.39, 0.29) is 13.3 Å². The molecule has 0 saturated heterocycles. The minimum atomic E-state index is -0.658. The molecule has 7 aromatic rings. The molecule has 8 nitrogen and oxygen atoms in total. The number of phenolic OH excluding ortho intramolecular Hbond substituents is 1. The fourth-order valence-electron chi connectivity index (χ4n) is 13.3. The van der Waals surface area contributed by atoms with Crippen molar-refractivity contribution in [3.05, 3.63) is 213 Å². The third kappa shape index (κ3) is 19.6. The molecular formula is C81H113ClN4O4. The normalized spacial score (nSPS) is 18.3. The molecule has 0 radical (unpaired) electrons. The Morgan fingerprint density at radius 1 is 0.644 bits per heavy atom. The van der Waals surface area contributed by atoms with Gasteiger partial charge < -0.3 is 29.1 Å². The van der Waals surface area contributed by atoms with Crippen LogP contribution in [0, 0.1) is 42.4 Å². The number of aromatic hydroxyl groups is 1. The van der Waals surface area contributed by atoms with E-state index in [1.165, 1.54) is 85.1 Å². The number of fused-ring (bicyclic) bond motifs is 3. The lowest BCUT2D eigenvalue weighted by atomic mass is 9.79. The molecule has 3 unspecified atom stereocenters. The Morgan fingerprint density at radius 3 is 1.92 bits per heavy atom. The van der Waals surface area contributed by atoms with E-state index < -0.39 is 5.79 Å². The van der Waals surface area contributed by atoms with Gasteiger partial charge in [-0.05, 0) is 157 Å². The summed E-state index contributed by atoms with van der Waals surface area (Å²) < 4.78 is 24.0. The lowest BCUT2D eigenvalue weighted by molar-refractivity contribution is -0.222. The fraction of sp³-hybridized carbons (Fsp3) is 0.481. The van der Waals surface area contributed by atoms with Crippen molar-refractivity contribution in [1.29, 1.82) is 1.43 Å². The summed E-state index contributed by atoms with van der Waals surface area (Å²) in [4.78, 5) is 10.0. The van der Waals surface area contributed by atoms with Gasteiger partial charge in [-0.2, -0.15) is 0 Å². The quantitative estimate of drug-likeness (QED) is 0.103. The summed E-state index contributed by atoms with van der Waals surface area (Å²) in [6, 6.07) is 57.0. The predicted octanol–water partition coefficient (Wildman–Crippen LogP) is 20.8. The molecule has 0 fully saturated rings. The lowest BCUT2D eigenvalue weighted by Crippen LogP contribution is -2.50. The second kappa shape index (κ2) is 34.4. The van der Waals surface area contributed by atoms with Gasteiger partial charge in [-0.3, -0.25) is 9.80 Å². The topological polar surface area (TPSA) is 60.9 Å². The number of benzene rings is 7. The minimum Gasteiger partial charge on any atom is -0.508 e. The van der Waals surface area contributed by atoms with E-state index in [1.54, 1.807) is 30.0 Å². The van der Waals surface area contributed by atoms with Gasteiger partial charge >= 0.3 is 0 Å². The molecule has 0 aromatic heterocycles. The van der Waals surface area contributed by atoms with Gasteiger partial charge in [0.15, 0.2) is 18.1 Å². The van der Waals surface area contributed by atoms with E-state index in [4.69, 9.17) is 27.2 Å². The minimum absolute atomic E-state index is 0. The Kier molecular flexibility index (Phi) is 27.2.